The van der Waals surface area contributed by atoms with Crippen LogP contribution in [0, 0.1) is 12.8 Å². The summed E-state index contributed by atoms with van der Waals surface area (Å²) in [5, 5.41) is 1.14. The lowest BCUT2D eigenvalue weighted by molar-refractivity contribution is 0.0730. The van der Waals surface area contributed by atoms with Crippen molar-refractivity contribution in [1.82, 2.24) is 24.8 Å². The normalized spacial score (nSPS) is 21.1. The second-order valence-electron chi connectivity index (χ2n) is 10.5. The summed E-state index contributed by atoms with van der Waals surface area (Å²) in [5.74, 6) is 1.01. The van der Waals surface area contributed by atoms with Gasteiger partial charge in [-0.2, -0.15) is 0 Å². The molecule has 5 rings (SSSR count). The lowest BCUT2D eigenvalue weighted by Gasteiger charge is -2.36. The zero-order valence-electron chi connectivity index (χ0n) is 21.0. The molecular weight excluding hydrogens is 438 g/mol. The number of carbonyl (C=O) groups excluding carboxylic acids is 1. The van der Waals surface area contributed by atoms with Crippen molar-refractivity contribution in [3.8, 4) is 0 Å². The zero-order valence-corrected chi connectivity index (χ0v) is 21.0. The van der Waals surface area contributed by atoms with Gasteiger partial charge < -0.3 is 14.5 Å². The molecule has 0 bridgehead atoms. The van der Waals surface area contributed by atoms with E-state index in [1.54, 1.807) is 0 Å². The average molecular weight is 474 g/mol. The smallest absolute Gasteiger partial charge is 0.272 e. The highest BCUT2D eigenvalue weighted by Crippen LogP contribution is 2.33. The molecule has 2 aromatic heterocycles. The summed E-state index contributed by atoms with van der Waals surface area (Å²) in [7, 11) is 2.15. The molecule has 35 heavy (non-hydrogen) atoms. The summed E-state index contributed by atoms with van der Waals surface area (Å²) in [6, 6.07) is 12.3. The summed E-state index contributed by atoms with van der Waals surface area (Å²) in [5.41, 5.74) is 3.50. The monoisotopic (exact) mass is 473 g/mol. The predicted octanol–water partition coefficient (Wildman–Crippen LogP) is 3.65. The zero-order chi connectivity index (χ0) is 24.4. The van der Waals surface area contributed by atoms with E-state index in [0.29, 0.717) is 32.0 Å². The first-order valence-electron chi connectivity index (χ1n) is 12.6. The van der Waals surface area contributed by atoms with E-state index in [1.807, 2.05) is 30.2 Å². The van der Waals surface area contributed by atoms with Gasteiger partial charge in [0.2, 0.25) is 0 Å². The van der Waals surface area contributed by atoms with Crippen LogP contribution in [-0.4, -0.2) is 77.1 Å². The standard InChI is InChI=1S/C28H35N5O2/c1-20-15-25(31-27(30-20)28(2)8-11-32(3)12-9-28)26(34)33-13-14-35-19-22(18-33)16-21-6-7-24-23(17-21)5-4-10-29-24/h4-7,10,15,17,22H,8-9,11-14,16,18-19H2,1-3H3/t22-/m0/s1. The van der Waals surface area contributed by atoms with Gasteiger partial charge in [-0.25, -0.2) is 9.97 Å². The molecule has 0 N–H and O–H groups in total. The average Bonchev–Trinajstić information content (AvgIpc) is 3.10. The first-order valence-corrected chi connectivity index (χ1v) is 12.6. The molecule has 2 saturated heterocycles. The van der Waals surface area contributed by atoms with Gasteiger partial charge in [-0.3, -0.25) is 9.78 Å². The van der Waals surface area contributed by atoms with Crippen LogP contribution < -0.4 is 0 Å². The largest absolute Gasteiger partial charge is 0.379 e. The van der Waals surface area contributed by atoms with Gasteiger partial charge >= 0.3 is 0 Å². The Kier molecular flexibility index (Phi) is 6.80. The Morgan fingerprint density at radius 1 is 1.14 bits per heavy atom. The SMILES string of the molecule is Cc1cc(C(=O)N2CCOC[C@@H](Cc3ccc4ncccc4c3)C2)nc(C2(C)CCN(C)CC2)n1. The second-order valence-corrected chi connectivity index (χ2v) is 10.5. The number of carbonyl (C=O) groups is 1. The number of hydrogen-bond donors (Lipinski definition) is 0. The highest BCUT2D eigenvalue weighted by Gasteiger charge is 2.34. The Morgan fingerprint density at radius 2 is 1.97 bits per heavy atom. The summed E-state index contributed by atoms with van der Waals surface area (Å²) >= 11 is 0. The van der Waals surface area contributed by atoms with E-state index in [4.69, 9.17) is 14.7 Å². The molecule has 0 aliphatic carbocycles. The Morgan fingerprint density at radius 3 is 2.80 bits per heavy atom. The topological polar surface area (TPSA) is 71.5 Å². The van der Waals surface area contributed by atoms with Gasteiger partial charge in [0.25, 0.3) is 5.91 Å². The molecule has 2 aliphatic heterocycles. The Labute approximate surface area is 207 Å². The number of fused-ring (bicyclic) bond motifs is 1. The Bertz CT molecular complexity index is 1200. The van der Waals surface area contributed by atoms with Crippen molar-refractivity contribution in [2.45, 2.75) is 38.5 Å². The number of hydrogen-bond acceptors (Lipinski definition) is 6. The maximum atomic E-state index is 13.6. The second kappa shape index (κ2) is 9.99. The number of benzene rings is 1. The van der Waals surface area contributed by atoms with Crippen LogP contribution in [0.3, 0.4) is 0 Å². The molecule has 0 unspecified atom stereocenters. The van der Waals surface area contributed by atoms with E-state index in [9.17, 15) is 4.79 Å². The van der Waals surface area contributed by atoms with Crippen molar-refractivity contribution in [1.29, 1.82) is 0 Å². The molecule has 0 saturated carbocycles. The molecule has 1 atom stereocenters. The number of aromatic nitrogens is 3. The lowest BCUT2D eigenvalue weighted by atomic mass is 9.79. The Hall–Kier alpha value is -2.90. The number of aryl methyl sites for hydroxylation is 1. The maximum absolute atomic E-state index is 13.6. The number of rotatable bonds is 4. The summed E-state index contributed by atoms with van der Waals surface area (Å²) in [6.45, 7) is 8.67. The first-order chi connectivity index (χ1) is 16.9. The molecule has 4 heterocycles. The van der Waals surface area contributed by atoms with Gasteiger partial charge in [0.15, 0.2) is 0 Å². The highest BCUT2D eigenvalue weighted by atomic mass is 16.5. The summed E-state index contributed by atoms with van der Waals surface area (Å²) in [6.07, 6.45) is 4.68. The Balaban J connectivity index is 1.33. The van der Waals surface area contributed by atoms with Crippen molar-refractivity contribution in [3.63, 3.8) is 0 Å². The molecular formula is C28H35N5O2. The number of pyridine rings is 1. The maximum Gasteiger partial charge on any atom is 0.272 e. The molecule has 184 valence electrons. The van der Waals surface area contributed by atoms with Crippen molar-refractivity contribution in [2.24, 2.45) is 5.92 Å². The third kappa shape index (κ3) is 5.36. The summed E-state index contributed by atoms with van der Waals surface area (Å²) in [4.78, 5) is 31.9. The van der Waals surface area contributed by atoms with E-state index in [-0.39, 0.29) is 17.2 Å². The van der Waals surface area contributed by atoms with E-state index >= 15 is 0 Å². The van der Waals surface area contributed by atoms with Crippen LogP contribution in [0.4, 0.5) is 0 Å². The van der Waals surface area contributed by atoms with Crippen molar-refractivity contribution < 1.29 is 9.53 Å². The van der Waals surface area contributed by atoms with Crippen LogP contribution in [0.5, 0.6) is 0 Å². The van der Waals surface area contributed by atoms with E-state index < -0.39 is 0 Å². The number of likely N-dealkylation sites (tertiary alicyclic amines) is 1. The predicted molar refractivity (Wildman–Crippen MR) is 137 cm³/mol. The van der Waals surface area contributed by atoms with Crippen LogP contribution >= 0.6 is 0 Å². The number of ether oxygens (including phenoxy) is 1. The molecule has 7 heteroatoms. The molecule has 2 fully saturated rings. The van der Waals surface area contributed by atoms with Crippen molar-refractivity contribution >= 4 is 16.8 Å². The van der Waals surface area contributed by atoms with Gasteiger partial charge in [0, 0.05) is 41.7 Å². The van der Waals surface area contributed by atoms with Gasteiger partial charge in [-0.05, 0) is 76.2 Å². The minimum atomic E-state index is -0.0943. The van der Waals surface area contributed by atoms with Crippen LogP contribution in [0.15, 0.2) is 42.6 Å². The number of amides is 1. The summed E-state index contributed by atoms with van der Waals surface area (Å²) < 4.78 is 5.91. The first kappa shape index (κ1) is 23.8. The van der Waals surface area contributed by atoms with Gasteiger partial charge in [-0.1, -0.05) is 19.1 Å². The van der Waals surface area contributed by atoms with Crippen LogP contribution in [0.1, 0.15) is 47.3 Å². The molecule has 0 spiro atoms. The molecule has 7 nitrogen and oxygen atoms in total. The minimum absolute atomic E-state index is 0.0218. The fourth-order valence-corrected chi connectivity index (χ4v) is 5.22. The number of piperidine rings is 1. The van der Waals surface area contributed by atoms with Crippen LogP contribution in [0.2, 0.25) is 0 Å². The molecule has 3 aromatic rings. The number of nitrogens with zero attached hydrogens (tertiary/aromatic N) is 5. The molecule has 1 amide bonds. The lowest BCUT2D eigenvalue weighted by Crippen LogP contribution is -2.41. The fraction of sp³-hybridized carbons (Fsp3) is 0.500. The van der Waals surface area contributed by atoms with Gasteiger partial charge in [-0.15, -0.1) is 0 Å². The molecule has 1 aromatic carbocycles. The third-order valence-electron chi connectivity index (χ3n) is 7.52. The molecule has 2 aliphatic rings. The van der Waals surface area contributed by atoms with Crippen molar-refractivity contribution in [3.05, 3.63) is 65.4 Å². The quantitative estimate of drug-likeness (QED) is 0.576. The molecule has 0 radical (unpaired) electrons. The van der Waals surface area contributed by atoms with E-state index in [1.165, 1.54) is 5.56 Å². The van der Waals surface area contributed by atoms with Gasteiger partial charge in [0.1, 0.15) is 11.5 Å². The van der Waals surface area contributed by atoms with Crippen molar-refractivity contribution in [2.75, 3.05) is 46.4 Å². The van der Waals surface area contributed by atoms with Crippen LogP contribution in [-0.2, 0) is 16.6 Å². The third-order valence-corrected chi connectivity index (χ3v) is 7.52. The highest BCUT2D eigenvalue weighted by molar-refractivity contribution is 5.92. The van der Waals surface area contributed by atoms with E-state index in [2.05, 4.69) is 48.1 Å². The van der Waals surface area contributed by atoms with E-state index in [0.717, 1.165) is 54.8 Å². The fourth-order valence-electron chi connectivity index (χ4n) is 5.22. The minimum Gasteiger partial charge on any atom is -0.379 e. The van der Waals surface area contributed by atoms with Gasteiger partial charge in [0.05, 0.1) is 18.7 Å². The van der Waals surface area contributed by atoms with Crippen LogP contribution in [0.25, 0.3) is 10.9 Å².